The predicted molar refractivity (Wildman–Crippen MR) is 116 cm³/mol. The molecule has 2 aromatic heterocycles. The fourth-order valence-corrected chi connectivity index (χ4v) is 4.46. The quantitative estimate of drug-likeness (QED) is 0.455. The van der Waals surface area contributed by atoms with Crippen molar-refractivity contribution in [2.24, 2.45) is 0 Å². The van der Waals surface area contributed by atoms with Gasteiger partial charge in [0.25, 0.3) is 0 Å². The van der Waals surface area contributed by atoms with E-state index in [0.29, 0.717) is 5.46 Å². The van der Waals surface area contributed by atoms with Crippen molar-refractivity contribution in [3.63, 3.8) is 0 Å². The Morgan fingerprint density at radius 3 is 1.96 bits per heavy atom. The molecule has 0 aliphatic heterocycles. The van der Waals surface area contributed by atoms with Crippen LogP contribution in [-0.2, 0) is 0 Å². The highest BCUT2D eigenvalue weighted by Crippen LogP contribution is 2.39. The second-order valence-corrected chi connectivity index (χ2v) is 7.28. The van der Waals surface area contributed by atoms with Gasteiger partial charge < -0.3 is 14.4 Å². The molecule has 6 rings (SSSR count). The van der Waals surface area contributed by atoms with Crippen LogP contribution in [0, 0.1) is 0 Å². The van der Waals surface area contributed by atoms with Gasteiger partial charge in [0.1, 0.15) is 0 Å². The van der Waals surface area contributed by atoms with E-state index >= 15 is 0 Å². The largest absolute Gasteiger partial charge is 0.488 e. The zero-order valence-corrected chi connectivity index (χ0v) is 15.0. The van der Waals surface area contributed by atoms with Crippen molar-refractivity contribution in [1.29, 1.82) is 0 Å². The van der Waals surface area contributed by atoms with E-state index in [4.69, 9.17) is 0 Å². The number of nitrogens with zero attached hydrogens (tertiary/aromatic N) is 1. The van der Waals surface area contributed by atoms with Crippen molar-refractivity contribution >= 4 is 50.7 Å². The SMILES string of the molecule is OB(O)c1ccc(-c2ccc3c4cccc5c6ccccc6n(c3c2)c54)cc1. The van der Waals surface area contributed by atoms with E-state index in [1.807, 2.05) is 12.1 Å². The van der Waals surface area contributed by atoms with Crippen molar-refractivity contribution in [3.05, 3.63) is 84.9 Å². The third-order valence-corrected chi connectivity index (χ3v) is 5.77. The van der Waals surface area contributed by atoms with Crippen LogP contribution >= 0.6 is 0 Å². The van der Waals surface area contributed by atoms with Gasteiger partial charge in [-0.15, -0.1) is 0 Å². The van der Waals surface area contributed by atoms with Gasteiger partial charge in [0, 0.05) is 21.5 Å². The van der Waals surface area contributed by atoms with E-state index in [1.165, 1.54) is 38.1 Å². The molecule has 0 spiro atoms. The Labute approximate surface area is 161 Å². The van der Waals surface area contributed by atoms with Crippen LogP contribution < -0.4 is 5.46 Å². The van der Waals surface area contributed by atoms with Crippen LogP contribution in [0.1, 0.15) is 0 Å². The maximum Gasteiger partial charge on any atom is 0.488 e. The average molecular weight is 361 g/mol. The Bertz CT molecular complexity index is 1480. The van der Waals surface area contributed by atoms with Crippen LogP contribution in [0.25, 0.3) is 49.2 Å². The third kappa shape index (κ3) is 2.01. The molecule has 0 fully saturated rings. The molecule has 0 atom stereocenters. The fraction of sp³-hybridized carbons (Fsp3) is 0. The summed E-state index contributed by atoms with van der Waals surface area (Å²) in [5, 5.41) is 23.7. The second kappa shape index (κ2) is 5.58. The molecule has 0 amide bonds. The van der Waals surface area contributed by atoms with Gasteiger partial charge in [-0.3, -0.25) is 0 Å². The van der Waals surface area contributed by atoms with Gasteiger partial charge in [-0.1, -0.05) is 72.8 Å². The minimum atomic E-state index is -1.44. The minimum Gasteiger partial charge on any atom is -0.423 e. The Morgan fingerprint density at radius 1 is 0.571 bits per heavy atom. The summed E-state index contributed by atoms with van der Waals surface area (Å²) in [6.45, 7) is 0. The van der Waals surface area contributed by atoms with Crippen molar-refractivity contribution in [2.45, 2.75) is 0 Å². The summed E-state index contributed by atoms with van der Waals surface area (Å²) < 4.78 is 2.37. The van der Waals surface area contributed by atoms with Gasteiger partial charge in [-0.05, 0) is 28.7 Å². The van der Waals surface area contributed by atoms with E-state index in [9.17, 15) is 10.0 Å². The van der Waals surface area contributed by atoms with Crippen molar-refractivity contribution in [2.75, 3.05) is 0 Å². The molecule has 28 heavy (non-hydrogen) atoms. The van der Waals surface area contributed by atoms with E-state index in [1.54, 1.807) is 12.1 Å². The summed E-state index contributed by atoms with van der Waals surface area (Å²) >= 11 is 0. The highest BCUT2D eigenvalue weighted by atomic mass is 16.4. The number of rotatable bonds is 2. The maximum atomic E-state index is 9.33. The summed E-state index contributed by atoms with van der Waals surface area (Å²) in [4.78, 5) is 0. The van der Waals surface area contributed by atoms with Crippen LogP contribution in [-0.4, -0.2) is 21.6 Å². The molecule has 0 saturated carbocycles. The Morgan fingerprint density at radius 2 is 1.21 bits per heavy atom. The molecule has 0 bridgehead atoms. The number of aromatic nitrogens is 1. The lowest BCUT2D eigenvalue weighted by atomic mass is 9.80. The highest BCUT2D eigenvalue weighted by Gasteiger charge is 2.17. The summed E-state index contributed by atoms with van der Waals surface area (Å²) in [5.41, 5.74) is 6.34. The topological polar surface area (TPSA) is 44.9 Å². The number of hydrogen-bond donors (Lipinski definition) is 2. The van der Waals surface area contributed by atoms with Crippen LogP contribution in [0.2, 0.25) is 0 Å². The molecular weight excluding hydrogens is 345 g/mol. The Balaban J connectivity index is 1.69. The number of hydrogen-bond acceptors (Lipinski definition) is 2. The third-order valence-electron chi connectivity index (χ3n) is 5.77. The highest BCUT2D eigenvalue weighted by molar-refractivity contribution is 6.58. The zero-order chi connectivity index (χ0) is 18.8. The van der Waals surface area contributed by atoms with Crippen molar-refractivity contribution in [1.82, 2.24) is 4.40 Å². The first-order valence-electron chi connectivity index (χ1n) is 9.36. The van der Waals surface area contributed by atoms with Gasteiger partial charge in [-0.2, -0.15) is 0 Å². The Kier molecular flexibility index (Phi) is 3.13. The lowest BCUT2D eigenvalue weighted by Gasteiger charge is -2.05. The molecule has 132 valence electrons. The van der Waals surface area contributed by atoms with Crippen molar-refractivity contribution < 1.29 is 10.0 Å². The molecule has 0 radical (unpaired) electrons. The normalized spacial score (nSPS) is 11.9. The van der Waals surface area contributed by atoms with Gasteiger partial charge in [-0.25, -0.2) is 0 Å². The molecule has 0 unspecified atom stereocenters. The van der Waals surface area contributed by atoms with Crippen LogP contribution in [0.5, 0.6) is 0 Å². The molecule has 2 N–H and O–H groups in total. The molecular formula is C24H16BNO2. The maximum absolute atomic E-state index is 9.33. The lowest BCUT2D eigenvalue weighted by Crippen LogP contribution is -2.29. The Hall–Kier alpha value is -3.34. The van der Waals surface area contributed by atoms with Crippen LogP contribution in [0.3, 0.4) is 0 Å². The van der Waals surface area contributed by atoms with Gasteiger partial charge in [0.2, 0.25) is 0 Å². The van der Waals surface area contributed by atoms with Gasteiger partial charge >= 0.3 is 7.12 Å². The number of fused-ring (bicyclic) bond motifs is 6. The minimum absolute atomic E-state index is 0.496. The van der Waals surface area contributed by atoms with E-state index in [2.05, 4.69) is 65.1 Å². The van der Waals surface area contributed by atoms with Crippen LogP contribution in [0.4, 0.5) is 0 Å². The summed E-state index contributed by atoms with van der Waals surface area (Å²) in [6, 6.07) is 29.0. The summed E-state index contributed by atoms with van der Waals surface area (Å²) in [6.07, 6.45) is 0. The summed E-state index contributed by atoms with van der Waals surface area (Å²) in [7, 11) is -1.44. The standard InChI is InChI=1S/C24H16BNO2/c27-25(28)17-11-8-15(9-12-17)16-10-13-19-21-6-3-5-20-18-4-1-2-7-22(18)26(24(20)21)23(19)14-16/h1-14,27-28H. The van der Waals surface area contributed by atoms with E-state index in [0.717, 1.165) is 11.1 Å². The molecule has 0 aliphatic rings. The summed E-state index contributed by atoms with van der Waals surface area (Å²) in [5.74, 6) is 0. The first kappa shape index (κ1) is 15.7. The molecule has 4 aromatic carbocycles. The molecule has 0 aliphatic carbocycles. The monoisotopic (exact) mass is 361 g/mol. The number of benzene rings is 4. The lowest BCUT2D eigenvalue weighted by molar-refractivity contribution is 0.426. The first-order valence-corrected chi connectivity index (χ1v) is 9.36. The fourth-order valence-electron chi connectivity index (χ4n) is 4.46. The predicted octanol–water partition coefficient (Wildman–Crippen LogP) is 4.18. The molecule has 6 aromatic rings. The van der Waals surface area contributed by atoms with Crippen LogP contribution in [0.15, 0.2) is 84.9 Å². The van der Waals surface area contributed by atoms with Crippen molar-refractivity contribution in [3.8, 4) is 11.1 Å². The molecule has 3 nitrogen and oxygen atoms in total. The van der Waals surface area contributed by atoms with Gasteiger partial charge in [0.15, 0.2) is 0 Å². The van der Waals surface area contributed by atoms with Gasteiger partial charge in [0.05, 0.1) is 16.6 Å². The molecule has 0 saturated heterocycles. The molecule has 2 heterocycles. The molecule has 4 heteroatoms. The average Bonchev–Trinajstić information content (AvgIpc) is 3.25. The van der Waals surface area contributed by atoms with E-state index in [-0.39, 0.29) is 0 Å². The first-order chi connectivity index (χ1) is 13.7. The second-order valence-electron chi connectivity index (χ2n) is 7.28. The van der Waals surface area contributed by atoms with E-state index < -0.39 is 7.12 Å². The zero-order valence-electron chi connectivity index (χ0n) is 15.0. The smallest absolute Gasteiger partial charge is 0.423 e. The number of para-hydroxylation sites is 2.